The van der Waals surface area contributed by atoms with E-state index in [4.69, 9.17) is 0 Å². The molecule has 11 heavy (non-hydrogen) atoms. The molecule has 0 fully saturated rings. The lowest BCUT2D eigenvalue weighted by molar-refractivity contribution is 0.638. The van der Waals surface area contributed by atoms with Gasteiger partial charge in [-0.2, -0.15) is 0 Å². The van der Waals surface area contributed by atoms with Crippen molar-refractivity contribution in [3.8, 4) is 0 Å². The molecule has 2 heteroatoms. The Morgan fingerprint density at radius 3 is 2.45 bits per heavy atom. The molecule has 1 atom stereocenters. The molecule has 0 aliphatic rings. The molecule has 0 bridgehead atoms. The zero-order chi connectivity index (χ0) is 8.53. The van der Waals surface area contributed by atoms with Crippen LogP contribution in [0.2, 0.25) is 0 Å². The molecule has 1 unspecified atom stereocenters. The summed E-state index contributed by atoms with van der Waals surface area (Å²) in [5.41, 5.74) is 0. The summed E-state index contributed by atoms with van der Waals surface area (Å²) in [7, 11) is 4.08. The van der Waals surface area contributed by atoms with E-state index in [1.54, 1.807) is 0 Å². The zero-order valence-corrected chi connectivity index (χ0v) is 9.56. The Bertz CT molecular complexity index is 74.0. The molecule has 0 saturated carbocycles. The predicted molar refractivity (Wildman–Crippen MR) is 59.3 cm³/mol. The summed E-state index contributed by atoms with van der Waals surface area (Å²) < 4.78 is 0. The Labute approximate surface area is 79.3 Å². The SMILES string of the molecule is CCCCSSCC(C)CC. The average molecular weight is 192 g/mol. The number of hydrogen-bond acceptors (Lipinski definition) is 2. The highest BCUT2D eigenvalue weighted by Gasteiger charge is 1.97. The van der Waals surface area contributed by atoms with E-state index in [0.717, 1.165) is 5.92 Å². The Kier molecular flexibility index (Phi) is 9.35. The molecular formula is C9H20S2. The lowest BCUT2D eigenvalue weighted by Gasteiger charge is -2.05. The van der Waals surface area contributed by atoms with Crippen LogP contribution in [-0.4, -0.2) is 11.5 Å². The van der Waals surface area contributed by atoms with Crippen LogP contribution in [0.4, 0.5) is 0 Å². The second-order valence-electron chi connectivity index (χ2n) is 2.97. The number of rotatable bonds is 7. The Morgan fingerprint density at radius 2 is 1.91 bits per heavy atom. The van der Waals surface area contributed by atoms with Crippen LogP contribution in [0, 0.1) is 5.92 Å². The first kappa shape index (κ1) is 11.7. The van der Waals surface area contributed by atoms with Crippen molar-refractivity contribution in [2.75, 3.05) is 11.5 Å². The Hall–Kier alpha value is 0.700. The lowest BCUT2D eigenvalue weighted by Crippen LogP contribution is -1.93. The lowest BCUT2D eigenvalue weighted by atomic mass is 10.2. The van der Waals surface area contributed by atoms with Crippen LogP contribution >= 0.6 is 21.6 Å². The summed E-state index contributed by atoms with van der Waals surface area (Å²) in [5, 5.41) is 0. The molecule has 0 aromatic rings. The topological polar surface area (TPSA) is 0 Å². The van der Waals surface area contributed by atoms with Crippen LogP contribution in [0.3, 0.4) is 0 Å². The molecule has 0 aromatic heterocycles. The minimum absolute atomic E-state index is 0.897. The molecule has 0 amide bonds. The summed E-state index contributed by atoms with van der Waals surface area (Å²) >= 11 is 0. The van der Waals surface area contributed by atoms with E-state index >= 15 is 0 Å². The largest absolute Gasteiger partial charge is 0.0941 e. The van der Waals surface area contributed by atoms with E-state index < -0.39 is 0 Å². The van der Waals surface area contributed by atoms with Gasteiger partial charge in [0.05, 0.1) is 0 Å². The van der Waals surface area contributed by atoms with Crippen molar-refractivity contribution in [3.63, 3.8) is 0 Å². The third kappa shape index (κ3) is 8.61. The normalized spacial score (nSPS) is 13.4. The standard InChI is InChI=1S/C9H20S2/c1-4-6-7-10-11-8-9(3)5-2/h9H,4-8H2,1-3H3. The molecule has 0 radical (unpaired) electrons. The van der Waals surface area contributed by atoms with Gasteiger partial charge in [-0.25, -0.2) is 0 Å². The maximum atomic E-state index is 2.33. The number of hydrogen-bond donors (Lipinski definition) is 0. The van der Waals surface area contributed by atoms with Crippen LogP contribution in [0.25, 0.3) is 0 Å². The van der Waals surface area contributed by atoms with Crippen LogP contribution in [0.5, 0.6) is 0 Å². The van der Waals surface area contributed by atoms with E-state index in [-0.39, 0.29) is 0 Å². The van der Waals surface area contributed by atoms with Gasteiger partial charge < -0.3 is 0 Å². The molecule has 0 N–H and O–H groups in total. The first-order valence-corrected chi connectivity index (χ1v) is 7.04. The van der Waals surface area contributed by atoms with Crippen LogP contribution in [0.15, 0.2) is 0 Å². The van der Waals surface area contributed by atoms with Gasteiger partial charge in [-0.3, -0.25) is 0 Å². The summed E-state index contributed by atoms with van der Waals surface area (Å²) in [6.45, 7) is 6.84. The molecule has 0 aliphatic heterocycles. The van der Waals surface area contributed by atoms with Crippen LogP contribution in [-0.2, 0) is 0 Å². The van der Waals surface area contributed by atoms with Gasteiger partial charge in [-0.05, 0) is 12.3 Å². The second-order valence-corrected chi connectivity index (χ2v) is 5.60. The quantitative estimate of drug-likeness (QED) is 0.438. The van der Waals surface area contributed by atoms with Crippen molar-refractivity contribution in [2.45, 2.75) is 40.0 Å². The van der Waals surface area contributed by atoms with Gasteiger partial charge in [0, 0.05) is 11.5 Å². The fraction of sp³-hybridized carbons (Fsp3) is 1.00. The number of unbranched alkanes of at least 4 members (excludes halogenated alkanes) is 1. The van der Waals surface area contributed by atoms with Crippen LogP contribution in [0.1, 0.15) is 40.0 Å². The van der Waals surface area contributed by atoms with Crippen molar-refractivity contribution in [1.29, 1.82) is 0 Å². The maximum Gasteiger partial charge on any atom is 0.00625 e. The molecule has 0 heterocycles. The van der Waals surface area contributed by atoms with Gasteiger partial charge in [0.2, 0.25) is 0 Å². The molecular weight excluding hydrogens is 172 g/mol. The maximum absolute atomic E-state index is 2.33. The van der Waals surface area contributed by atoms with Gasteiger partial charge in [-0.1, -0.05) is 55.2 Å². The van der Waals surface area contributed by atoms with E-state index in [1.165, 1.54) is 30.8 Å². The smallest absolute Gasteiger partial charge is 0.00625 e. The van der Waals surface area contributed by atoms with E-state index in [2.05, 4.69) is 20.8 Å². The minimum Gasteiger partial charge on any atom is -0.0941 e. The highest BCUT2D eigenvalue weighted by Crippen LogP contribution is 2.25. The van der Waals surface area contributed by atoms with E-state index in [0.29, 0.717) is 0 Å². The molecule has 0 saturated heterocycles. The third-order valence-electron chi connectivity index (χ3n) is 1.71. The third-order valence-corrected chi connectivity index (χ3v) is 4.45. The molecule has 0 nitrogen and oxygen atoms in total. The van der Waals surface area contributed by atoms with Gasteiger partial charge >= 0.3 is 0 Å². The minimum atomic E-state index is 0.897. The molecule has 0 spiro atoms. The molecule has 0 rings (SSSR count). The highest BCUT2D eigenvalue weighted by atomic mass is 33.1. The molecule has 68 valence electrons. The van der Waals surface area contributed by atoms with Crippen molar-refractivity contribution in [3.05, 3.63) is 0 Å². The van der Waals surface area contributed by atoms with Gasteiger partial charge in [0.25, 0.3) is 0 Å². The summed E-state index contributed by atoms with van der Waals surface area (Å²) in [5.74, 6) is 3.55. The van der Waals surface area contributed by atoms with Crippen molar-refractivity contribution < 1.29 is 0 Å². The Morgan fingerprint density at radius 1 is 1.18 bits per heavy atom. The zero-order valence-electron chi connectivity index (χ0n) is 7.93. The van der Waals surface area contributed by atoms with Gasteiger partial charge in [0.15, 0.2) is 0 Å². The summed E-state index contributed by atoms with van der Waals surface area (Å²) in [6, 6.07) is 0. The highest BCUT2D eigenvalue weighted by molar-refractivity contribution is 8.76. The van der Waals surface area contributed by atoms with E-state index in [9.17, 15) is 0 Å². The van der Waals surface area contributed by atoms with Crippen molar-refractivity contribution >= 4 is 21.6 Å². The monoisotopic (exact) mass is 192 g/mol. The predicted octanol–water partition coefficient (Wildman–Crippen LogP) is 4.21. The fourth-order valence-electron chi connectivity index (χ4n) is 0.544. The molecule has 0 aliphatic carbocycles. The van der Waals surface area contributed by atoms with Gasteiger partial charge in [-0.15, -0.1) is 0 Å². The summed E-state index contributed by atoms with van der Waals surface area (Å²) in [4.78, 5) is 0. The summed E-state index contributed by atoms with van der Waals surface area (Å²) in [6.07, 6.45) is 4.02. The second kappa shape index (κ2) is 8.79. The van der Waals surface area contributed by atoms with E-state index in [1.807, 2.05) is 21.6 Å². The first-order chi connectivity index (χ1) is 5.31. The van der Waals surface area contributed by atoms with Gasteiger partial charge in [0.1, 0.15) is 0 Å². The Balaban J connectivity index is 2.89. The fourth-order valence-corrected chi connectivity index (χ4v) is 3.33. The molecule has 0 aromatic carbocycles. The first-order valence-electron chi connectivity index (χ1n) is 4.55. The van der Waals surface area contributed by atoms with Crippen LogP contribution < -0.4 is 0 Å². The van der Waals surface area contributed by atoms with Crippen molar-refractivity contribution in [1.82, 2.24) is 0 Å². The average Bonchev–Trinajstić information content (AvgIpc) is 2.04. The van der Waals surface area contributed by atoms with Crippen molar-refractivity contribution in [2.24, 2.45) is 5.92 Å².